The SMILES string of the molecule is COc1ccc(N)c(Oc2ccc(Br)c(C)c2)c1. The molecule has 0 aliphatic carbocycles. The largest absolute Gasteiger partial charge is 0.497 e. The number of methoxy groups -OCH3 is 1. The molecular weight excluding hydrogens is 294 g/mol. The Balaban J connectivity index is 2.30. The molecule has 2 rings (SSSR count). The predicted octanol–water partition coefficient (Wildman–Crippen LogP) is 4.14. The van der Waals surface area contributed by atoms with E-state index in [1.54, 1.807) is 25.3 Å². The maximum Gasteiger partial charge on any atom is 0.153 e. The lowest BCUT2D eigenvalue weighted by Gasteiger charge is -2.11. The number of anilines is 1. The van der Waals surface area contributed by atoms with E-state index >= 15 is 0 Å². The lowest BCUT2D eigenvalue weighted by Crippen LogP contribution is -1.93. The molecule has 3 nitrogen and oxygen atoms in total. The molecule has 0 aliphatic rings. The van der Waals surface area contributed by atoms with Crippen LogP contribution in [0.15, 0.2) is 40.9 Å². The quantitative estimate of drug-likeness (QED) is 0.867. The van der Waals surface area contributed by atoms with Crippen molar-refractivity contribution in [1.29, 1.82) is 0 Å². The van der Waals surface area contributed by atoms with Crippen LogP contribution in [0.2, 0.25) is 0 Å². The Morgan fingerprint density at radius 3 is 2.44 bits per heavy atom. The monoisotopic (exact) mass is 307 g/mol. The Kier molecular flexibility index (Phi) is 3.77. The van der Waals surface area contributed by atoms with E-state index in [9.17, 15) is 0 Å². The molecule has 0 unspecified atom stereocenters. The minimum absolute atomic E-state index is 0.580. The molecule has 0 amide bonds. The molecular formula is C14H14BrNO2. The molecule has 0 saturated carbocycles. The van der Waals surface area contributed by atoms with Crippen molar-refractivity contribution in [2.45, 2.75) is 6.92 Å². The summed E-state index contributed by atoms with van der Waals surface area (Å²) in [6.45, 7) is 2.01. The van der Waals surface area contributed by atoms with Crippen molar-refractivity contribution < 1.29 is 9.47 Å². The van der Waals surface area contributed by atoms with Crippen LogP contribution in [0.5, 0.6) is 17.2 Å². The summed E-state index contributed by atoms with van der Waals surface area (Å²) in [4.78, 5) is 0. The van der Waals surface area contributed by atoms with Gasteiger partial charge in [-0.05, 0) is 42.8 Å². The van der Waals surface area contributed by atoms with Gasteiger partial charge in [-0.1, -0.05) is 15.9 Å². The van der Waals surface area contributed by atoms with Crippen molar-refractivity contribution in [3.8, 4) is 17.2 Å². The molecule has 0 radical (unpaired) electrons. The minimum atomic E-state index is 0.580. The van der Waals surface area contributed by atoms with Gasteiger partial charge in [-0.2, -0.15) is 0 Å². The summed E-state index contributed by atoms with van der Waals surface area (Å²) in [6, 6.07) is 11.1. The first kappa shape index (κ1) is 12.8. The van der Waals surface area contributed by atoms with E-state index in [1.165, 1.54) is 0 Å². The highest BCUT2D eigenvalue weighted by atomic mass is 79.9. The highest BCUT2D eigenvalue weighted by Crippen LogP contribution is 2.32. The van der Waals surface area contributed by atoms with Crippen molar-refractivity contribution in [2.75, 3.05) is 12.8 Å². The van der Waals surface area contributed by atoms with Gasteiger partial charge in [0.2, 0.25) is 0 Å². The normalized spacial score (nSPS) is 10.2. The van der Waals surface area contributed by atoms with E-state index in [4.69, 9.17) is 15.2 Å². The highest BCUT2D eigenvalue weighted by molar-refractivity contribution is 9.10. The summed E-state index contributed by atoms with van der Waals surface area (Å²) < 4.78 is 12.0. The zero-order valence-electron chi connectivity index (χ0n) is 10.2. The molecule has 2 N–H and O–H groups in total. The van der Waals surface area contributed by atoms with Crippen LogP contribution < -0.4 is 15.2 Å². The van der Waals surface area contributed by atoms with Crippen LogP contribution in [-0.4, -0.2) is 7.11 Å². The molecule has 2 aromatic carbocycles. The smallest absolute Gasteiger partial charge is 0.153 e. The van der Waals surface area contributed by atoms with Crippen LogP contribution in [0, 0.1) is 6.92 Å². The second kappa shape index (κ2) is 5.31. The number of nitrogen functional groups attached to an aromatic ring is 1. The van der Waals surface area contributed by atoms with Crippen LogP contribution in [0.4, 0.5) is 5.69 Å². The van der Waals surface area contributed by atoms with Crippen LogP contribution >= 0.6 is 15.9 Å². The van der Waals surface area contributed by atoms with E-state index in [1.807, 2.05) is 25.1 Å². The molecule has 94 valence electrons. The molecule has 0 bridgehead atoms. The molecule has 0 fully saturated rings. The maximum atomic E-state index is 5.87. The van der Waals surface area contributed by atoms with E-state index < -0.39 is 0 Å². The number of ether oxygens (including phenoxy) is 2. The van der Waals surface area contributed by atoms with Gasteiger partial charge in [-0.3, -0.25) is 0 Å². The summed E-state index contributed by atoms with van der Waals surface area (Å²) >= 11 is 3.45. The second-order valence-corrected chi connectivity index (χ2v) is 4.77. The number of rotatable bonds is 3. The van der Waals surface area contributed by atoms with Crippen molar-refractivity contribution >= 4 is 21.6 Å². The van der Waals surface area contributed by atoms with Gasteiger partial charge in [0.1, 0.15) is 11.5 Å². The molecule has 0 aliphatic heterocycles. The van der Waals surface area contributed by atoms with Gasteiger partial charge in [0.25, 0.3) is 0 Å². The Labute approximate surface area is 115 Å². The van der Waals surface area contributed by atoms with Gasteiger partial charge >= 0.3 is 0 Å². The molecule has 0 heterocycles. The van der Waals surface area contributed by atoms with Crippen molar-refractivity contribution in [2.24, 2.45) is 0 Å². The zero-order chi connectivity index (χ0) is 13.1. The van der Waals surface area contributed by atoms with Crippen LogP contribution in [-0.2, 0) is 0 Å². The minimum Gasteiger partial charge on any atom is -0.497 e. The Morgan fingerprint density at radius 1 is 1.06 bits per heavy atom. The van der Waals surface area contributed by atoms with Gasteiger partial charge in [0, 0.05) is 10.5 Å². The summed E-state index contributed by atoms with van der Waals surface area (Å²) in [6.07, 6.45) is 0. The van der Waals surface area contributed by atoms with Crippen molar-refractivity contribution in [3.05, 3.63) is 46.4 Å². The molecule has 0 spiro atoms. The molecule has 0 atom stereocenters. The fourth-order valence-corrected chi connectivity index (χ4v) is 1.78. The number of hydrogen-bond acceptors (Lipinski definition) is 3. The molecule has 4 heteroatoms. The zero-order valence-corrected chi connectivity index (χ0v) is 11.8. The highest BCUT2D eigenvalue weighted by Gasteiger charge is 2.05. The Hall–Kier alpha value is -1.68. The number of nitrogens with two attached hydrogens (primary N) is 1. The number of benzene rings is 2. The van der Waals surface area contributed by atoms with Gasteiger partial charge in [-0.15, -0.1) is 0 Å². The van der Waals surface area contributed by atoms with Gasteiger partial charge in [0.05, 0.1) is 12.8 Å². The standard InChI is InChI=1S/C14H14BrNO2/c1-9-7-11(3-5-12(9)15)18-14-8-10(17-2)4-6-13(14)16/h3-8H,16H2,1-2H3. The third kappa shape index (κ3) is 2.76. The lowest BCUT2D eigenvalue weighted by atomic mass is 10.2. The van der Waals surface area contributed by atoms with Gasteiger partial charge in [-0.25, -0.2) is 0 Å². The van der Waals surface area contributed by atoms with Gasteiger partial charge in [0.15, 0.2) is 5.75 Å². The third-order valence-corrected chi connectivity index (χ3v) is 3.47. The molecule has 2 aromatic rings. The van der Waals surface area contributed by atoms with Crippen molar-refractivity contribution in [1.82, 2.24) is 0 Å². The first-order chi connectivity index (χ1) is 8.60. The first-order valence-corrected chi connectivity index (χ1v) is 6.27. The lowest BCUT2D eigenvalue weighted by molar-refractivity contribution is 0.409. The first-order valence-electron chi connectivity index (χ1n) is 5.47. The van der Waals surface area contributed by atoms with E-state index in [-0.39, 0.29) is 0 Å². The average Bonchev–Trinajstić information content (AvgIpc) is 2.36. The van der Waals surface area contributed by atoms with E-state index in [2.05, 4.69) is 15.9 Å². The third-order valence-electron chi connectivity index (χ3n) is 2.58. The van der Waals surface area contributed by atoms with Gasteiger partial charge < -0.3 is 15.2 Å². The Bertz CT molecular complexity index is 570. The van der Waals surface area contributed by atoms with E-state index in [0.717, 1.165) is 15.8 Å². The fourth-order valence-electron chi connectivity index (χ4n) is 1.54. The second-order valence-electron chi connectivity index (χ2n) is 3.92. The van der Waals surface area contributed by atoms with Crippen LogP contribution in [0.25, 0.3) is 0 Å². The predicted molar refractivity (Wildman–Crippen MR) is 76.4 cm³/mol. The van der Waals surface area contributed by atoms with E-state index in [0.29, 0.717) is 17.2 Å². The summed E-state index contributed by atoms with van der Waals surface area (Å²) in [5.74, 6) is 2.06. The fraction of sp³-hybridized carbons (Fsp3) is 0.143. The average molecular weight is 308 g/mol. The number of hydrogen-bond donors (Lipinski definition) is 1. The van der Waals surface area contributed by atoms with Crippen LogP contribution in [0.1, 0.15) is 5.56 Å². The summed E-state index contributed by atoms with van der Waals surface area (Å²) in [7, 11) is 1.61. The summed E-state index contributed by atoms with van der Waals surface area (Å²) in [5.41, 5.74) is 7.56. The summed E-state index contributed by atoms with van der Waals surface area (Å²) in [5, 5.41) is 0. The number of aryl methyl sites for hydroxylation is 1. The number of halogens is 1. The molecule has 0 aromatic heterocycles. The van der Waals surface area contributed by atoms with Crippen molar-refractivity contribution in [3.63, 3.8) is 0 Å². The molecule has 18 heavy (non-hydrogen) atoms. The molecule has 0 saturated heterocycles. The maximum absolute atomic E-state index is 5.87. The van der Waals surface area contributed by atoms with Crippen LogP contribution in [0.3, 0.4) is 0 Å². The topological polar surface area (TPSA) is 44.5 Å². The Morgan fingerprint density at radius 2 is 1.78 bits per heavy atom.